The lowest BCUT2D eigenvalue weighted by atomic mass is 10.0. The first kappa shape index (κ1) is 16.7. The Morgan fingerprint density at radius 3 is 2.54 bits per heavy atom. The van der Waals surface area contributed by atoms with Crippen LogP contribution in [0, 0.1) is 0 Å². The summed E-state index contributed by atoms with van der Waals surface area (Å²) in [5.74, 6) is -0.200. The highest BCUT2D eigenvalue weighted by atomic mass is 32.2. The highest BCUT2D eigenvalue weighted by Gasteiger charge is 2.28. The van der Waals surface area contributed by atoms with E-state index in [9.17, 15) is 13.2 Å². The van der Waals surface area contributed by atoms with Crippen LogP contribution in [0.2, 0.25) is 0 Å². The third-order valence-electron chi connectivity index (χ3n) is 4.22. The molecular weight excluding hydrogens is 324 g/mol. The summed E-state index contributed by atoms with van der Waals surface area (Å²) in [5, 5.41) is 2.88. The summed E-state index contributed by atoms with van der Waals surface area (Å²) in [6.45, 7) is 2.06. The van der Waals surface area contributed by atoms with Crippen LogP contribution in [-0.2, 0) is 21.2 Å². The summed E-state index contributed by atoms with van der Waals surface area (Å²) < 4.78 is 26.3. The van der Waals surface area contributed by atoms with E-state index < -0.39 is 10.0 Å². The van der Waals surface area contributed by atoms with Gasteiger partial charge in [0.1, 0.15) is 0 Å². The summed E-state index contributed by atoms with van der Waals surface area (Å²) in [7, 11) is -3.47. The number of amides is 1. The van der Waals surface area contributed by atoms with Crippen molar-refractivity contribution in [3.05, 3.63) is 59.7 Å². The molecule has 0 spiro atoms. The van der Waals surface area contributed by atoms with Crippen LogP contribution in [0.15, 0.2) is 53.4 Å². The van der Waals surface area contributed by atoms with E-state index >= 15 is 0 Å². The quantitative estimate of drug-likeness (QED) is 0.875. The van der Waals surface area contributed by atoms with E-state index in [4.69, 9.17) is 0 Å². The molecule has 0 aromatic heterocycles. The van der Waals surface area contributed by atoms with Crippen molar-refractivity contribution in [1.82, 2.24) is 4.72 Å². The van der Waals surface area contributed by atoms with Gasteiger partial charge in [0.2, 0.25) is 15.9 Å². The topological polar surface area (TPSA) is 75.3 Å². The smallest absolute Gasteiger partial charge is 0.240 e. The molecule has 2 N–H and O–H groups in total. The minimum atomic E-state index is -3.47. The SMILES string of the molecule is CCNS(=O)(=O)c1ccc(NC(=O)[C@@H]2CCc3ccccc32)cc1. The summed E-state index contributed by atoms with van der Waals surface area (Å²) in [6, 6.07) is 14.2. The van der Waals surface area contributed by atoms with Crippen LogP contribution in [0.4, 0.5) is 5.69 Å². The number of aryl methyl sites for hydroxylation is 1. The zero-order chi connectivity index (χ0) is 17.2. The van der Waals surface area contributed by atoms with E-state index in [1.807, 2.05) is 18.2 Å². The van der Waals surface area contributed by atoms with Gasteiger partial charge in [-0.2, -0.15) is 0 Å². The second-order valence-corrected chi connectivity index (χ2v) is 7.57. The monoisotopic (exact) mass is 344 g/mol. The van der Waals surface area contributed by atoms with Crippen molar-refractivity contribution in [3.63, 3.8) is 0 Å². The lowest BCUT2D eigenvalue weighted by Gasteiger charge is -2.13. The molecule has 6 heteroatoms. The third-order valence-corrected chi connectivity index (χ3v) is 5.78. The first-order chi connectivity index (χ1) is 11.5. The standard InChI is InChI=1S/C18H20N2O3S/c1-2-19-24(22,23)15-10-8-14(9-11-15)20-18(21)17-12-7-13-5-3-4-6-16(13)17/h3-6,8-11,17,19H,2,7,12H2,1H3,(H,20,21)/t17-/m1/s1. The van der Waals surface area contributed by atoms with Crippen LogP contribution in [0.1, 0.15) is 30.4 Å². The number of benzene rings is 2. The molecule has 3 rings (SSSR count). The minimum Gasteiger partial charge on any atom is -0.326 e. The van der Waals surface area contributed by atoms with Crippen molar-refractivity contribution in [1.29, 1.82) is 0 Å². The van der Waals surface area contributed by atoms with Crippen molar-refractivity contribution in [2.75, 3.05) is 11.9 Å². The number of carbonyl (C=O) groups excluding carboxylic acids is 1. The Kier molecular flexibility index (Phi) is 4.69. The van der Waals surface area contributed by atoms with Crippen molar-refractivity contribution in [2.45, 2.75) is 30.6 Å². The third kappa shape index (κ3) is 3.34. The van der Waals surface area contributed by atoms with Crippen molar-refractivity contribution in [2.24, 2.45) is 0 Å². The summed E-state index contributed by atoms with van der Waals surface area (Å²) in [5.41, 5.74) is 2.91. The molecule has 24 heavy (non-hydrogen) atoms. The number of fused-ring (bicyclic) bond motifs is 1. The molecule has 1 amide bonds. The van der Waals surface area contributed by atoms with E-state index in [0.717, 1.165) is 18.4 Å². The van der Waals surface area contributed by atoms with Gasteiger partial charge in [0, 0.05) is 12.2 Å². The predicted octanol–water partition coefficient (Wildman–Crippen LogP) is 2.65. The van der Waals surface area contributed by atoms with Crippen LogP contribution >= 0.6 is 0 Å². The minimum absolute atomic E-state index is 0.0535. The molecule has 2 aromatic rings. The molecule has 0 radical (unpaired) electrons. The molecule has 0 aliphatic heterocycles. The van der Waals surface area contributed by atoms with Crippen LogP contribution in [-0.4, -0.2) is 20.9 Å². The Balaban J connectivity index is 1.72. The van der Waals surface area contributed by atoms with Gasteiger partial charge >= 0.3 is 0 Å². The zero-order valence-electron chi connectivity index (χ0n) is 13.5. The molecule has 1 aliphatic rings. The largest absolute Gasteiger partial charge is 0.326 e. The molecular formula is C18H20N2O3S. The Morgan fingerprint density at radius 2 is 1.83 bits per heavy atom. The number of hydrogen-bond donors (Lipinski definition) is 2. The van der Waals surface area contributed by atoms with Gasteiger partial charge in [0.15, 0.2) is 0 Å². The van der Waals surface area contributed by atoms with Gasteiger partial charge in [-0.25, -0.2) is 13.1 Å². The highest BCUT2D eigenvalue weighted by molar-refractivity contribution is 7.89. The normalized spacial score (nSPS) is 16.6. The molecule has 1 aliphatic carbocycles. The number of carbonyl (C=O) groups is 1. The average Bonchev–Trinajstić information content (AvgIpc) is 2.99. The van der Waals surface area contributed by atoms with E-state index in [0.29, 0.717) is 12.2 Å². The van der Waals surface area contributed by atoms with Crippen molar-refractivity contribution < 1.29 is 13.2 Å². The fourth-order valence-electron chi connectivity index (χ4n) is 3.05. The van der Waals surface area contributed by atoms with Crippen LogP contribution in [0.5, 0.6) is 0 Å². The Morgan fingerprint density at radius 1 is 1.12 bits per heavy atom. The van der Waals surface area contributed by atoms with E-state index in [2.05, 4.69) is 16.1 Å². The van der Waals surface area contributed by atoms with Crippen molar-refractivity contribution >= 4 is 21.6 Å². The Labute approximate surface area is 142 Å². The van der Waals surface area contributed by atoms with Gasteiger partial charge in [0.25, 0.3) is 0 Å². The summed E-state index contributed by atoms with van der Waals surface area (Å²) in [4.78, 5) is 12.7. The van der Waals surface area contributed by atoms with Gasteiger partial charge in [-0.3, -0.25) is 4.79 Å². The number of sulfonamides is 1. The first-order valence-corrected chi connectivity index (χ1v) is 9.48. The molecule has 0 unspecified atom stereocenters. The molecule has 126 valence electrons. The van der Waals surface area contributed by atoms with Crippen LogP contribution in [0.25, 0.3) is 0 Å². The second-order valence-electron chi connectivity index (χ2n) is 5.81. The van der Waals surface area contributed by atoms with Gasteiger partial charge in [-0.1, -0.05) is 31.2 Å². The van der Waals surface area contributed by atoms with Gasteiger partial charge in [-0.15, -0.1) is 0 Å². The Bertz CT molecular complexity index is 845. The lowest BCUT2D eigenvalue weighted by Crippen LogP contribution is -2.23. The van der Waals surface area contributed by atoms with Gasteiger partial charge in [0.05, 0.1) is 10.8 Å². The lowest BCUT2D eigenvalue weighted by molar-refractivity contribution is -0.117. The fourth-order valence-corrected chi connectivity index (χ4v) is 4.09. The molecule has 0 saturated carbocycles. The molecule has 1 atom stereocenters. The van der Waals surface area contributed by atoms with E-state index in [1.54, 1.807) is 19.1 Å². The first-order valence-electron chi connectivity index (χ1n) is 7.99. The zero-order valence-corrected chi connectivity index (χ0v) is 14.3. The molecule has 5 nitrogen and oxygen atoms in total. The predicted molar refractivity (Wildman–Crippen MR) is 93.4 cm³/mol. The van der Waals surface area contributed by atoms with Crippen LogP contribution in [0.3, 0.4) is 0 Å². The highest BCUT2D eigenvalue weighted by Crippen LogP contribution is 2.33. The van der Waals surface area contributed by atoms with E-state index in [1.165, 1.54) is 17.7 Å². The summed E-state index contributed by atoms with van der Waals surface area (Å²) in [6.07, 6.45) is 1.71. The summed E-state index contributed by atoms with van der Waals surface area (Å²) >= 11 is 0. The maximum atomic E-state index is 12.5. The molecule has 0 heterocycles. The van der Waals surface area contributed by atoms with Crippen molar-refractivity contribution in [3.8, 4) is 0 Å². The van der Waals surface area contributed by atoms with Gasteiger partial charge in [-0.05, 0) is 48.2 Å². The maximum Gasteiger partial charge on any atom is 0.240 e. The molecule has 2 aromatic carbocycles. The molecule has 0 saturated heterocycles. The van der Waals surface area contributed by atoms with E-state index in [-0.39, 0.29) is 16.7 Å². The number of nitrogens with one attached hydrogen (secondary N) is 2. The number of anilines is 1. The fraction of sp³-hybridized carbons (Fsp3) is 0.278. The number of rotatable bonds is 5. The van der Waals surface area contributed by atoms with Crippen LogP contribution < -0.4 is 10.0 Å². The Hall–Kier alpha value is -2.18. The van der Waals surface area contributed by atoms with Gasteiger partial charge < -0.3 is 5.32 Å². The molecule has 0 bridgehead atoms. The molecule has 0 fully saturated rings. The average molecular weight is 344 g/mol. The number of hydrogen-bond acceptors (Lipinski definition) is 3. The maximum absolute atomic E-state index is 12.5. The second kappa shape index (κ2) is 6.75.